The first-order valence-electron chi connectivity index (χ1n) is 5.21. The predicted octanol–water partition coefficient (Wildman–Crippen LogP) is 1.78. The molecule has 3 N–H and O–H groups in total. The van der Waals surface area contributed by atoms with Gasteiger partial charge in [0, 0.05) is 18.7 Å². The van der Waals surface area contributed by atoms with Crippen LogP contribution in [0.5, 0.6) is 0 Å². The molecule has 1 unspecified atom stereocenters. The molecule has 92 valence electrons. The maximum Gasteiger partial charge on any atom is 0.254 e. The fourth-order valence-electron chi connectivity index (χ4n) is 1.84. The number of carbonyl (C=O) groups excluding carboxylic acids is 1. The minimum absolute atomic E-state index is 0.188. The molecule has 1 amide bonds. The number of carbonyl (C=O) groups is 1. The van der Waals surface area contributed by atoms with Crippen LogP contribution in [0.4, 0.5) is 5.69 Å². The van der Waals surface area contributed by atoms with E-state index in [4.69, 9.17) is 28.9 Å². The Bertz CT molecular complexity index is 442. The maximum atomic E-state index is 12.1. The van der Waals surface area contributed by atoms with Crippen molar-refractivity contribution in [2.45, 2.75) is 12.5 Å². The van der Waals surface area contributed by atoms with E-state index in [9.17, 15) is 9.90 Å². The van der Waals surface area contributed by atoms with Crippen LogP contribution in [0.15, 0.2) is 12.1 Å². The molecule has 0 saturated carbocycles. The second-order valence-corrected chi connectivity index (χ2v) is 4.84. The zero-order valence-corrected chi connectivity index (χ0v) is 10.5. The summed E-state index contributed by atoms with van der Waals surface area (Å²) in [5.41, 5.74) is 6.32. The number of aliphatic hydroxyl groups excluding tert-OH is 1. The highest BCUT2D eigenvalue weighted by atomic mass is 35.5. The Hall–Kier alpha value is -0.970. The molecule has 1 fully saturated rings. The number of benzene rings is 1. The molecule has 0 bridgehead atoms. The fraction of sp³-hybridized carbons (Fsp3) is 0.364. The van der Waals surface area contributed by atoms with Gasteiger partial charge in [-0.05, 0) is 18.6 Å². The Kier molecular flexibility index (Phi) is 3.47. The van der Waals surface area contributed by atoms with E-state index in [1.165, 1.54) is 12.1 Å². The molecule has 6 heteroatoms. The third kappa shape index (κ3) is 2.49. The lowest BCUT2D eigenvalue weighted by atomic mass is 10.2. The Balaban J connectivity index is 2.25. The van der Waals surface area contributed by atoms with E-state index < -0.39 is 6.10 Å². The van der Waals surface area contributed by atoms with Crippen molar-refractivity contribution in [1.29, 1.82) is 0 Å². The van der Waals surface area contributed by atoms with E-state index >= 15 is 0 Å². The molecular formula is C11H12Cl2N2O2. The summed E-state index contributed by atoms with van der Waals surface area (Å²) in [6, 6.07) is 2.99. The molecule has 0 aliphatic carbocycles. The zero-order chi connectivity index (χ0) is 12.6. The van der Waals surface area contributed by atoms with Gasteiger partial charge < -0.3 is 15.7 Å². The monoisotopic (exact) mass is 274 g/mol. The number of anilines is 1. The Labute approximate surface area is 109 Å². The van der Waals surface area contributed by atoms with E-state index in [1.807, 2.05) is 0 Å². The van der Waals surface area contributed by atoms with Gasteiger partial charge in [-0.3, -0.25) is 4.79 Å². The highest BCUT2D eigenvalue weighted by molar-refractivity contribution is 6.43. The van der Waals surface area contributed by atoms with Crippen molar-refractivity contribution in [3.8, 4) is 0 Å². The molecule has 0 aromatic heterocycles. The molecular weight excluding hydrogens is 263 g/mol. The van der Waals surface area contributed by atoms with E-state index in [1.54, 1.807) is 4.90 Å². The molecule has 17 heavy (non-hydrogen) atoms. The first-order chi connectivity index (χ1) is 7.99. The summed E-state index contributed by atoms with van der Waals surface area (Å²) in [6.45, 7) is 0.888. The molecule has 1 aromatic carbocycles. The van der Waals surface area contributed by atoms with Gasteiger partial charge in [-0.1, -0.05) is 23.2 Å². The van der Waals surface area contributed by atoms with Crippen LogP contribution in [-0.2, 0) is 0 Å². The average Bonchev–Trinajstić information content (AvgIpc) is 2.71. The normalized spacial score (nSPS) is 19.7. The van der Waals surface area contributed by atoms with Crippen LogP contribution in [0.3, 0.4) is 0 Å². The smallest absolute Gasteiger partial charge is 0.254 e. The molecule has 4 nitrogen and oxygen atoms in total. The van der Waals surface area contributed by atoms with Crippen LogP contribution in [0.25, 0.3) is 0 Å². The molecule has 1 atom stereocenters. The Morgan fingerprint density at radius 2 is 2.18 bits per heavy atom. The quantitative estimate of drug-likeness (QED) is 0.768. The zero-order valence-electron chi connectivity index (χ0n) is 8.99. The van der Waals surface area contributed by atoms with Crippen molar-refractivity contribution < 1.29 is 9.90 Å². The van der Waals surface area contributed by atoms with Crippen molar-refractivity contribution in [3.05, 3.63) is 27.7 Å². The summed E-state index contributed by atoms with van der Waals surface area (Å²) < 4.78 is 0. The van der Waals surface area contributed by atoms with Gasteiger partial charge in [-0.2, -0.15) is 0 Å². The molecule has 1 heterocycles. The van der Waals surface area contributed by atoms with Crippen molar-refractivity contribution >= 4 is 34.8 Å². The lowest BCUT2D eigenvalue weighted by Crippen LogP contribution is -2.29. The summed E-state index contributed by atoms with van der Waals surface area (Å²) in [4.78, 5) is 13.6. The Morgan fingerprint density at radius 1 is 1.47 bits per heavy atom. The van der Waals surface area contributed by atoms with Gasteiger partial charge in [0.25, 0.3) is 5.91 Å². The number of rotatable bonds is 1. The van der Waals surface area contributed by atoms with E-state index in [2.05, 4.69) is 0 Å². The number of amides is 1. The third-order valence-corrected chi connectivity index (χ3v) is 3.57. The molecule has 1 aliphatic rings. The first kappa shape index (κ1) is 12.5. The number of hydrogen-bond acceptors (Lipinski definition) is 3. The second kappa shape index (κ2) is 4.72. The number of likely N-dealkylation sites (tertiary alicyclic amines) is 1. The Morgan fingerprint density at radius 3 is 2.71 bits per heavy atom. The molecule has 1 saturated heterocycles. The standard InChI is InChI=1S/C11H12Cl2N2O2/c12-8-3-6(4-9(14)10(8)13)11(17)15-2-1-7(16)5-15/h3-4,7,16H,1-2,5,14H2. The number of aliphatic hydroxyl groups is 1. The fourth-order valence-corrected chi connectivity index (χ4v) is 2.18. The van der Waals surface area contributed by atoms with E-state index in [0.29, 0.717) is 25.1 Å². The lowest BCUT2D eigenvalue weighted by molar-refractivity contribution is 0.0765. The summed E-state index contributed by atoms with van der Waals surface area (Å²) in [5.74, 6) is -0.188. The van der Waals surface area contributed by atoms with Crippen LogP contribution in [0.2, 0.25) is 10.0 Å². The maximum absolute atomic E-state index is 12.1. The summed E-state index contributed by atoms with van der Waals surface area (Å²) in [5, 5.41) is 9.90. The van der Waals surface area contributed by atoms with Gasteiger partial charge in [0.2, 0.25) is 0 Å². The molecule has 0 spiro atoms. The van der Waals surface area contributed by atoms with Crippen LogP contribution >= 0.6 is 23.2 Å². The molecule has 1 aromatic rings. The largest absolute Gasteiger partial charge is 0.397 e. The summed E-state index contributed by atoms with van der Waals surface area (Å²) in [6.07, 6.45) is 0.154. The van der Waals surface area contributed by atoms with Gasteiger partial charge in [0.1, 0.15) is 0 Å². The van der Waals surface area contributed by atoms with Crippen LogP contribution in [0.1, 0.15) is 16.8 Å². The highest BCUT2D eigenvalue weighted by Gasteiger charge is 2.26. The number of hydrogen-bond donors (Lipinski definition) is 2. The van der Waals surface area contributed by atoms with Crippen molar-refractivity contribution in [3.63, 3.8) is 0 Å². The van der Waals surface area contributed by atoms with E-state index in [0.717, 1.165) is 0 Å². The second-order valence-electron chi connectivity index (χ2n) is 4.05. The molecule has 1 aliphatic heterocycles. The predicted molar refractivity (Wildman–Crippen MR) is 67.4 cm³/mol. The number of β-amino-alcohol motifs (C(OH)–C–C–N with tert-alkyl or cyclic N) is 1. The summed E-state index contributed by atoms with van der Waals surface area (Å²) in [7, 11) is 0. The van der Waals surface area contributed by atoms with E-state index in [-0.39, 0.29) is 21.6 Å². The number of nitrogen functional groups attached to an aromatic ring is 1. The van der Waals surface area contributed by atoms with Gasteiger partial charge in [-0.15, -0.1) is 0 Å². The third-order valence-electron chi connectivity index (χ3n) is 2.75. The summed E-state index contributed by atoms with van der Waals surface area (Å²) >= 11 is 11.7. The van der Waals surface area contributed by atoms with Gasteiger partial charge in [0.15, 0.2) is 0 Å². The van der Waals surface area contributed by atoms with Crippen LogP contribution in [0, 0.1) is 0 Å². The van der Waals surface area contributed by atoms with Crippen LogP contribution < -0.4 is 5.73 Å². The number of nitrogens with two attached hydrogens (primary N) is 1. The van der Waals surface area contributed by atoms with Crippen molar-refractivity contribution in [2.24, 2.45) is 0 Å². The first-order valence-corrected chi connectivity index (χ1v) is 5.96. The minimum Gasteiger partial charge on any atom is -0.397 e. The lowest BCUT2D eigenvalue weighted by Gasteiger charge is -2.16. The SMILES string of the molecule is Nc1cc(C(=O)N2CCC(O)C2)cc(Cl)c1Cl. The number of nitrogens with zero attached hydrogens (tertiary/aromatic N) is 1. The number of halogens is 2. The molecule has 0 radical (unpaired) electrons. The topological polar surface area (TPSA) is 66.6 Å². The van der Waals surface area contributed by atoms with Gasteiger partial charge in [-0.25, -0.2) is 0 Å². The van der Waals surface area contributed by atoms with Crippen LogP contribution in [-0.4, -0.2) is 35.1 Å². The highest BCUT2D eigenvalue weighted by Crippen LogP contribution is 2.30. The van der Waals surface area contributed by atoms with Crippen molar-refractivity contribution in [1.82, 2.24) is 4.90 Å². The van der Waals surface area contributed by atoms with Crippen molar-refractivity contribution in [2.75, 3.05) is 18.8 Å². The van der Waals surface area contributed by atoms with Gasteiger partial charge in [0.05, 0.1) is 21.8 Å². The minimum atomic E-state index is -0.445. The molecule has 2 rings (SSSR count). The average molecular weight is 275 g/mol. The van der Waals surface area contributed by atoms with Gasteiger partial charge >= 0.3 is 0 Å².